The molecule has 0 aliphatic heterocycles. The summed E-state index contributed by atoms with van der Waals surface area (Å²) in [6.07, 6.45) is 0. The van der Waals surface area contributed by atoms with Crippen molar-refractivity contribution in [2.45, 2.75) is 0 Å². The van der Waals surface area contributed by atoms with Crippen molar-refractivity contribution >= 4 is 0 Å². The summed E-state index contributed by atoms with van der Waals surface area (Å²) < 4.78 is 0. The molecule has 0 saturated carbocycles. The molecule has 0 amide bonds. The molecular weight excluding hydrogens is 524 g/mol. The molecule has 0 aromatic rings. The fourth-order valence-electron chi connectivity index (χ4n) is 0. The van der Waals surface area contributed by atoms with Crippen LogP contribution in [0.25, 0.3) is 0 Å². The van der Waals surface area contributed by atoms with E-state index in [1.165, 1.54) is 0 Å². The van der Waals surface area contributed by atoms with Gasteiger partial charge in [0.15, 0.2) is 0 Å². The van der Waals surface area contributed by atoms with Crippen LogP contribution in [0.5, 0.6) is 0 Å². The fraction of sp³-hybridized carbons (Fsp3) is 0. The van der Waals surface area contributed by atoms with Crippen molar-refractivity contribution < 1.29 is 78.7 Å². The van der Waals surface area contributed by atoms with Gasteiger partial charge in [-0.3, -0.25) is 0 Å². The number of rotatable bonds is 0. The largest absolute Gasteiger partial charge is 6.00 e. The summed E-state index contributed by atoms with van der Waals surface area (Å²) in [5, 5.41) is 0. The van der Waals surface area contributed by atoms with Crippen LogP contribution in [-0.2, 0) is 16.4 Å². The van der Waals surface area contributed by atoms with Gasteiger partial charge in [0.25, 0.3) is 0 Å². The van der Waals surface area contributed by atoms with Gasteiger partial charge in [-0.15, -0.1) is 0 Å². The van der Waals surface area contributed by atoms with Crippen LogP contribution in [0.1, 0.15) is 0 Å². The molecule has 0 rings (SSSR count). The minimum absolute atomic E-state index is 0. The average Bonchev–Trinajstić information content (AvgIpc) is 0. The normalized spacial score (nSPS) is 0. The molecule has 0 aliphatic carbocycles. The van der Waals surface area contributed by atoms with Gasteiger partial charge in [-0.1, -0.05) is 0 Å². The van der Waals surface area contributed by atoms with Crippen LogP contribution < -0.4 is 0 Å². The molecule has 0 unspecified atom stereocenters. The van der Waals surface area contributed by atoms with E-state index < -0.39 is 0 Å². The monoisotopic (exact) mass is 524 g/mol. The maximum Gasteiger partial charge on any atom is 6.00 e. The number of hydrogen-bond acceptors (Lipinski definition) is 0. The summed E-state index contributed by atoms with van der Waals surface area (Å²) in [4.78, 5) is 0. The first-order valence-corrected chi connectivity index (χ1v) is 0. The third-order valence-electron chi connectivity index (χ3n) is 0. The minimum atomic E-state index is 0. The van der Waals surface area contributed by atoms with Crippen molar-refractivity contribution in [2.24, 2.45) is 0 Å². The number of hydrogen-bond donors (Lipinski definition) is 0. The molecule has 20 valence electrons. The van der Waals surface area contributed by atoms with E-state index >= 15 is 0 Å². The van der Waals surface area contributed by atoms with Gasteiger partial charge < -0.3 is 16.4 Å². The van der Waals surface area contributed by atoms with Gasteiger partial charge in [0, 0.05) is 0 Å². The molecule has 0 N–H and O–H groups in total. The Kier molecular flexibility index (Phi) is 480. The molecular formula is O3U2+6. The molecule has 0 spiro atoms. The van der Waals surface area contributed by atoms with Crippen LogP contribution in [-0.4, -0.2) is 0 Å². The second-order valence-electron chi connectivity index (χ2n) is 0. The van der Waals surface area contributed by atoms with Gasteiger partial charge in [-0.2, -0.15) is 0 Å². The van der Waals surface area contributed by atoms with Crippen molar-refractivity contribution in [1.82, 2.24) is 0 Å². The molecule has 0 aliphatic rings. The molecule has 0 fully saturated rings. The SMILES string of the molecule is [O-2].[O-2].[O-2].[U+6].[U+6]. The van der Waals surface area contributed by atoms with Crippen LogP contribution in [0.15, 0.2) is 0 Å². The first-order valence-electron chi connectivity index (χ1n) is 0. The minimum Gasteiger partial charge on any atom is -2.00 e. The van der Waals surface area contributed by atoms with Crippen LogP contribution in [0, 0.1) is 62.2 Å². The molecule has 0 aromatic carbocycles. The van der Waals surface area contributed by atoms with E-state index in [4.69, 9.17) is 0 Å². The zero-order valence-electron chi connectivity index (χ0n) is 2.22. The predicted octanol–water partition coefficient (Wildman–Crippen LogP) is -0.356. The van der Waals surface area contributed by atoms with Gasteiger partial charge in [-0.05, 0) is 0 Å². The van der Waals surface area contributed by atoms with Crippen LogP contribution in [0.4, 0.5) is 0 Å². The second-order valence-corrected chi connectivity index (χ2v) is 0. The van der Waals surface area contributed by atoms with E-state index in [0.29, 0.717) is 0 Å². The van der Waals surface area contributed by atoms with Gasteiger partial charge in [0.05, 0.1) is 0 Å². The molecule has 0 heterocycles. The Balaban J connectivity index is 0. The van der Waals surface area contributed by atoms with E-state index in [0.717, 1.165) is 0 Å². The van der Waals surface area contributed by atoms with Crippen LogP contribution in [0.3, 0.4) is 0 Å². The quantitative estimate of drug-likeness (QED) is 0.415. The average molecular weight is 524 g/mol. The molecule has 0 radical (unpaired) electrons. The van der Waals surface area contributed by atoms with Crippen LogP contribution in [0.2, 0.25) is 0 Å². The van der Waals surface area contributed by atoms with Crippen molar-refractivity contribution in [3.05, 3.63) is 0 Å². The fourth-order valence-corrected chi connectivity index (χ4v) is 0. The van der Waals surface area contributed by atoms with Crippen molar-refractivity contribution in [3.8, 4) is 0 Å². The molecule has 5 heteroatoms. The Labute approximate surface area is 77.6 Å². The Morgan fingerprint density at radius 1 is 0.400 bits per heavy atom. The van der Waals surface area contributed by atoms with E-state index in [9.17, 15) is 0 Å². The summed E-state index contributed by atoms with van der Waals surface area (Å²) in [5.74, 6) is 0. The molecule has 0 saturated heterocycles. The first-order chi connectivity index (χ1) is 0. The Morgan fingerprint density at radius 2 is 0.400 bits per heavy atom. The summed E-state index contributed by atoms with van der Waals surface area (Å²) in [5.41, 5.74) is 0. The smallest absolute Gasteiger partial charge is 2.00 e. The second kappa shape index (κ2) is 37.8. The predicted molar refractivity (Wildman–Crippen MR) is 2.06 cm³/mol. The van der Waals surface area contributed by atoms with E-state index in [-0.39, 0.29) is 78.7 Å². The van der Waals surface area contributed by atoms with Gasteiger partial charge in [-0.25, -0.2) is 0 Å². The van der Waals surface area contributed by atoms with Gasteiger partial charge >= 0.3 is 62.2 Å². The van der Waals surface area contributed by atoms with Gasteiger partial charge in [0.1, 0.15) is 0 Å². The maximum atomic E-state index is 0. The summed E-state index contributed by atoms with van der Waals surface area (Å²) in [6.45, 7) is 0. The Morgan fingerprint density at radius 3 is 0.400 bits per heavy atom. The van der Waals surface area contributed by atoms with Crippen LogP contribution >= 0.6 is 0 Å². The molecule has 5 heavy (non-hydrogen) atoms. The summed E-state index contributed by atoms with van der Waals surface area (Å²) in [7, 11) is 0. The van der Waals surface area contributed by atoms with Crippen molar-refractivity contribution in [2.75, 3.05) is 0 Å². The van der Waals surface area contributed by atoms with Gasteiger partial charge in [0.2, 0.25) is 0 Å². The standard InChI is InChI=1S/3O.2U/q3*-2;2*+6. The summed E-state index contributed by atoms with van der Waals surface area (Å²) >= 11 is 0. The Bertz CT molecular complexity index is 4.85. The first kappa shape index (κ1) is 63.5. The van der Waals surface area contributed by atoms with E-state index in [1.54, 1.807) is 0 Å². The van der Waals surface area contributed by atoms with Crippen molar-refractivity contribution in [3.63, 3.8) is 0 Å². The zero-order valence-corrected chi connectivity index (χ0v) is 10.6. The third-order valence-corrected chi connectivity index (χ3v) is 0. The molecule has 0 atom stereocenters. The maximum absolute atomic E-state index is 0. The van der Waals surface area contributed by atoms with Crippen molar-refractivity contribution in [1.29, 1.82) is 0 Å². The summed E-state index contributed by atoms with van der Waals surface area (Å²) in [6, 6.07) is 0. The third kappa shape index (κ3) is 24.1. The van der Waals surface area contributed by atoms with E-state index in [1.807, 2.05) is 0 Å². The van der Waals surface area contributed by atoms with E-state index in [2.05, 4.69) is 0 Å². The molecule has 3 nitrogen and oxygen atoms in total. The molecule has 0 aromatic heterocycles. The topological polar surface area (TPSA) is 85.5 Å². The Hall–Kier alpha value is 1.98. The zero-order chi connectivity index (χ0) is 0. The molecule has 0 bridgehead atoms.